The zero-order chi connectivity index (χ0) is 43.1. The van der Waals surface area contributed by atoms with Crippen molar-refractivity contribution in [2.75, 3.05) is 13.2 Å². The number of hydrogen-bond donors (Lipinski definition) is 0. The molecule has 6 nitrogen and oxygen atoms in total. The van der Waals surface area contributed by atoms with E-state index in [9.17, 15) is 14.4 Å². The van der Waals surface area contributed by atoms with Crippen molar-refractivity contribution in [2.45, 2.75) is 303 Å². The average Bonchev–Trinajstić information content (AvgIpc) is 3.22. The van der Waals surface area contributed by atoms with Gasteiger partial charge in [0, 0.05) is 19.3 Å². The van der Waals surface area contributed by atoms with Crippen molar-refractivity contribution >= 4 is 17.9 Å². The lowest BCUT2D eigenvalue weighted by molar-refractivity contribution is -0.167. The second-order valence-corrected chi connectivity index (χ2v) is 18.6. The lowest BCUT2D eigenvalue weighted by Gasteiger charge is -2.18. The lowest BCUT2D eigenvalue weighted by atomic mass is 10.0. The van der Waals surface area contributed by atoms with Gasteiger partial charge in [-0.15, -0.1) is 0 Å². The molecule has 1 atom stereocenters. The van der Waals surface area contributed by atoms with E-state index in [1.165, 1.54) is 193 Å². The zero-order valence-corrected chi connectivity index (χ0v) is 40.2. The molecule has 350 valence electrons. The molecule has 0 spiro atoms. The van der Waals surface area contributed by atoms with E-state index in [1.807, 2.05) is 0 Å². The molecule has 0 bridgehead atoms. The van der Waals surface area contributed by atoms with E-state index in [0.29, 0.717) is 19.3 Å². The second-order valence-electron chi connectivity index (χ2n) is 18.6. The smallest absolute Gasteiger partial charge is 0.306 e. The monoisotopic (exact) mass is 835 g/mol. The summed E-state index contributed by atoms with van der Waals surface area (Å²) in [5, 5.41) is 0. The summed E-state index contributed by atoms with van der Waals surface area (Å²) in [5.74, 6) is -0.0242. The number of hydrogen-bond acceptors (Lipinski definition) is 6. The van der Waals surface area contributed by atoms with Gasteiger partial charge in [-0.3, -0.25) is 14.4 Å². The van der Waals surface area contributed by atoms with Crippen LogP contribution in [0.2, 0.25) is 0 Å². The van der Waals surface area contributed by atoms with Gasteiger partial charge in [-0.05, 0) is 25.2 Å². The molecular formula is C53H102O6. The van der Waals surface area contributed by atoms with Crippen molar-refractivity contribution < 1.29 is 28.6 Å². The average molecular weight is 835 g/mol. The highest BCUT2D eigenvalue weighted by Crippen LogP contribution is 2.17. The molecule has 0 unspecified atom stereocenters. The van der Waals surface area contributed by atoms with Gasteiger partial charge < -0.3 is 14.2 Å². The van der Waals surface area contributed by atoms with Crippen molar-refractivity contribution in [1.29, 1.82) is 0 Å². The van der Waals surface area contributed by atoms with Crippen LogP contribution in [0.15, 0.2) is 0 Å². The van der Waals surface area contributed by atoms with E-state index in [-0.39, 0.29) is 31.1 Å². The molecule has 0 amide bonds. The maximum Gasteiger partial charge on any atom is 0.306 e. The van der Waals surface area contributed by atoms with E-state index in [4.69, 9.17) is 14.2 Å². The summed E-state index contributed by atoms with van der Waals surface area (Å²) in [6, 6.07) is 0. The summed E-state index contributed by atoms with van der Waals surface area (Å²) in [6.07, 6.45) is 49.4. The normalized spacial score (nSPS) is 11.9. The van der Waals surface area contributed by atoms with Gasteiger partial charge >= 0.3 is 17.9 Å². The summed E-state index contributed by atoms with van der Waals surface area (Å²) in [7, 11) is 0. The van der Waals surface area contributed by atoms with Crippen molar-refractivity contribution in [1.82, 2.24) is 0 Å². The van der Waals surface area contributed by atoms with E-state index in [1.54, 1.807) is 0 Å². The molecular weight excluding hydrogens is 733 g/mol. The van der Waals surface area contributed by atoms with Crippen LogP contribution in [-0.2, 0) is 28.6 Å². The highest BCUT2D eigenvalue weighted by atomic mass is 16.6. The van der Waals surface area contributed by atoms with E-state index >= 15 is 0 Å². The van der Waals surface area contributed by atoms with Crippen molar-refractivity contribution in [3.63, 3.8) is 0 Å². The molecule has 0 heterocycles. The van der Waals surface area contributed by atoms with Gasteiger partial charge in [-0.2, -0.15) is 0 Å². The van der Waals surface area contributed by atoms with Gasteiger partial charge in [0.25, 0.3) is 0 Å². The third-order valence-corrected chi connectivity index (χ3v) is 12.0. The molecule has 0 aromatic heterocycles. The summed E-state index contributed by atoms with van der Waals surface area (Å²) in [5.41, 5.74) is 0. The Balaban J connectivity index is 4.31. The summed E-state index contributed by atoms with van der Waals surface area (Å²) in [6.45, 7) is 9.02. The van der Waals surface area contributed by atoms with E-state index in [2.05, 4.69) is 27.7 Å². The van der Waals surface area contributed by atoms with Crippen LogP contribution >= 0.6 is 0 Å². The van der Waals surface area contributed by atoms with Crippen LogP contribution in [0.1, 0.15) is 297 Å². The van der Waals surface area contributed by atoms with Gasteiger partial charge in [-0.25, -0.2) is 0 Å². The minimum absolute atomic E-state index is 0.0626. The van der Waals surface area contributed by atoms with Crippen LogP contribution in [0.25, 0.3) is 0 Å². The summed E-state index contributed by atoms with van der Waals surface area (Å²) < 4.78 is 16.8. The van der Waals surface area contributed by atoms with Crippen LogP contribution in [-0.4, -0.2) is 37.2 Å². The highest BCUT2D eigenvalue weighted by molar-refractivity contribution is 5.71. The van der Waals surface area contributed by atoms with Gasteiger partial charge in [0.05, 0.1) is 0 Å². The van der Waals surface area contributed by atoms with Crippen LogP contribution in [0.5, 0.6) is 0 Å². The lowest BCUT2D eigenvalue weighted by Crippen LogP contribution is -2.30. The molecule has 0 aromatic carbocycles. The fourth-order valence-electron chi connectivity index (χ4n) is 8.04. The van der Waals surface area contributed by atoms with Gasteiger partial charge in [0.1, 0.15) is 13.2 Å². The predicted molar refractivity (Wildman–Crippen MR) is 252 cm³/mol. The first-order valence-electron chi connectivity index (χ1n) is 26.4. The summed E-state index contributed by atoms with van der Waals surface area (Å²) in [4.78, 5) is 38.0. The zero-order valence-electron chi connectivity index (χ0n) is 40.2. The molecule has 0 aliphatic carbocycles. The molecule has 0 aliphatic heterocycles. The minimum atomic E-state index is -0.760. The first-order valence-corrected chi connectivity index (χ1v) is 26.4. The Kier molecular flexibility index (Phi) is 46.2. The van der Waals surface area contributed by atoms with E-state index in [0.717, 1.165) is 63.7 Å². The maximum absolute atomic E-state index is 12.8. The Bertz CT molecular complexity index is 887. The molecule has 0 saturated carbocycles. The quantitative estimate of drug-likeness (QED) is 0.0345. The Hall–Kier alpha value is -1.59. The van der Waals surface area contributed by atoms with Crippen LogP contribution in [0.3, 0.4) is 0 Å². The first kappa shape index (κ1) is 57.4. The van der Waals surface area contributed by atoms with Crippen molar-refractivity contribution in [3.05, 3.63) is 0 Å². The minimum Gasteiger partial charge on any atom is -0.462 e. The van der Waals surface area contributed by atoms with Crippen LogP contribution < -0.4 is 0 Å². The Labute approximate surface area is 368 Å². The van der Waals surface area contributed by atoms with Crippen molar-refractivity contribution in [3.8, 4) is 0 Å². The van der Waals surface area contributed by atoms with Gasteiger partial charge in [0.2, 0.25) is 0 Å². The fraction of sp³-hybridized carbons (Fsp3) is 0.943. The number of carbonyl (C=O) groups is 3. The van der Waals surface area contributed by atoms with Crippen molar-refractivity contribution in [2.24, 2.45) is 5.92 Å². The summed E-state index contributed by atoms with van der Waals surface area (Å²) >= 11 is 0. The predicted octanol–water partition coefficient (Wildman–Crippen LogP) is 17.1. The molecule has 0 radical (unpaired) electrons. The van der Waals surface area contributed by atoms with Crippen LogP contribution in [0, 0.1) is 5.92 Å². The number of esters is 3. The SMILES string of the molecule is CCCCCCCCCCCCCCCCCC(=O)O[C@H](COC(=O)CCCCCCCCCCCCCCC)COC(=O)CCCCCCCCCCCCC(C)C. The Morgan fingerprint density at radius 3 is 0.831 bits per heavy atom. The Morgan fingerprint density at radius 2 is 0.559 bits per heavy atom. The Morgan fingerprint density at radius 1 is 0.322 bits per heavy atom. The van der Waals surface area contributed by atoms with Gasteiger partial charge in [0.15, 0.2) is 6.10 Å². The molecule has 0 rings (SSSR count). The van der Waals surface area contributed by atoms with Crippen LogP contribution in [0.4, 0.5) is 0 Å². The molecule has 0 aliphatic rings. The molecule has 0 N–H and O–H groups in total. The number of unbranched alkanes of at least 4 members (excludes halogenated alkanes) is 35. The number of rotatable bonds is 48. The molecule has 59 heavy (non-hydrogen) atoms. The van der Waals surface area contributed by atoms with Gasteiger partial charge in [-0.1, -0.05) is 259 Å². The highest BCUT2D eigenvalue weighted by Gasteiger charge is 2.19. The molecule has 6 heteroatoms. The molecule has 0 fully saturated rings. The maximum atomic E-state index is 12.8. The standard InChI is InChI=1S/C53H102O6/c1-5-7-9-11-13-15-17-19-20-22-24-30-34-38-42-46-53(56)59-50(47-57-51(54)44-40-36-32-28-23-21-18-16-14-12-10-8-6-2)48-58-52(55)45-41-37-33-29-26-25-27-31-35-39-43-49(3)4/h49-50H,5-48H2,1-4H3/t50-/m1/s1. The topological polar surface area (TPSA) is 78.9 Å². The molecule has 0 saturated heterocycles. The fourth-order valence-corrected chi connectivity index (χ4v) is 8.04. The number of ether oxygens (including phenoxy) is 3. The number of carbonyl (C=O) groups excluding carboxylic acids is 3. The molecule has 0 aromatic rings. The third-order valence-electron chi connectivity index (χ3n) is 12.0. The van der Waals surface area contributed by atoms with E-state index < -0.39 is 6.10 Å². The largest absolute Gasteiger partial charge is 0.462 e. The second kappa shape index (κ2) is 47.5. The first-order chi connectivity index (χ1) is 28.9. The third kappa shape index (κ3) is 47.3.